The molecule has 3 aromatic rings. The molecule has 0 saturated carbocycles. The first-order valence-electron chi connectivity index (χ1n) is 11.2. The number of rotatable bonds is 11. The lowest BCUT2D eigenvalue weighted by molar-refractivity contribution is -0.142. The van der Waals surface area contributed by atoms with Gasteiger partial charge in [0.15, 0.2) is 5.13 Å². The average molecular weight is 558 g/mol. The number of benzene rings is 2. The molecule has 1 heterocycles. The van der Waals surface area contributed by atoms with Crippen LogP contribution >= 0.6 is 23.1 Å². The number of aromatic nitrogens is 1. The predicted molar refractivity (Wildman–Crippen MR) is 141 cm³/mol. The summed E-state index contributed by atoms with van der Waals surface area (Å²) in [5, 5.41) is 25.3. The highest BCUT2D eigenvalue weighted by Crippen LogP contribution is 2.27. The molecule has 38 heavy (non-hydrogen) atoms. The minimum atomic E-state index is -1.43. The van der Waals surface area contributed by atoms with Crippen molar-refractivity contribution < 1.29 is 38.9 Å². The van der Waals surface area contributed by atoms with Crippen LogP contribution in [0, 0.1) is 0 Å². The van der Waals surface area contributed by atoms with E-state index in [0.29, 0.717) is 16.5 Å². The second kappa shape index (κ2) is 12.8. The minimum absolute atomic E-state index is 0.0265. The summed E-state index contributed by atoms with van der Waals surface area (Å²) in [5.41, 5.74) is 0.0361. The molecule has 198 valence electrons. The molecule has 0 radical (unpaired) electrons. The quantitative estimate of drug-likeness (QED) is 0.199. The Balaban J connectivity index is 1.58. The molecule has 0 fully saturated rings. The van der Waals surface area contributed by atoms with Gasteiger partial charge in [0.2, 0.25) is 5.91 Å². The SMILES string of the molecule is CCOC(=O)Cc1csc(NC(=O)C(C)Sc2ccc(NC(=O)c3ccc(C(=O)O)cc3C(=O)O)cc2)n1. The number of nitrogens with zero attached hydrogens (tertiary/aromatic N) is 1. The predicted octanol–water partition coefficient (Wildman–Crippen LogP) is 4.02. The van der Waals surface area contributed by atoms with E-state index in [0.717, 1.165) is 23.1 Å². The summed E-state index contributed by atoms with van der Waals surface area (Å²) < 4.78 is 4.89. The van der Waals surface area contributed by atoms with Crippen LogP contribution in [0.15, 0.2) is 52.7 Å². The summed E-state index contributed by atoms with van der Waals surface area (Å²) in [5.74, 6) is -4.11. The smallest absolute Gasteiger partial charge is 0.336 e. The first-order valence-corrected chi connectivity index (χ1v) is 12.9. The molecule has 1 atom stereocenters. The van der Waals surface area contributed by atoms with Gasteiger partial charge in [-0.25, -0.2) is 14.6 Å². The number of hydrogen-bond donors (Lipinski definition) is 4. The number of carbonyl (C=O) groups is 5. The van der Waals surface area contributed by atoms with Crippen molar-refractivity contribution in [2.75, 3.05) is 17.2 Å². The third kappa shape index (κ3) is 7.63. The average Bonchev–Trinajstić information content (AvgIpc) is 3.31. The highest BCUT2D eigenvalue weighted by atomic mass is 32.2. The van der Waals surface area contributed by atoms with E-state index in [-0.39, 0.29) is 30.1 Å². The lowest BCUT2D eigenvalue weighted by Crippen LogP contribution is -2.22. The van der Waals surface area contributed by atoms with Crippen molar-refractivity contribution in [2.45, 2.75) is 30.4 Å². The molecular weight excluding hydrogens is 534 g/mol. The highest BCUT2D eigenvalue weighted by Gasteiger charge is 2.20. The molecule has 0 aliphatic heterocycles. The molecule has 3 rings (SSSR count). The zero-order chi connectivity index (χ0) is 27.8. The lowest BCUT2D eigenvalue weighted by atomic mass is 10.0. The number of ether oxygens (including phenoxy) is 1. The number of hydrogen-bond acceptors (Lipinski definition) is 9. The number of carboxylic acid groups (broad SMARTS) is 2. The molecule has 0 aliphatic carbocycles. The lowest BCUT2D eigenvalue weighted by Gasteiger charge is -2.12. The number of aromatic carboxylic acids is 2. The second-order valence-corrected chi connectivity index (χ2v) is 10.00. The first-order chi connectivity index (χ1) is 18.1. The largest absolute Gasteiger partial charge is 0.478 e. The fourth-order valence-corrected chi connectivity index (χ4v) is 4.72. The monoisotopic (exact) mass is 557 g/mol. The topological polar surface area (TPSA) is 172 Å². The Morgan fingerprint density at radius 3 is 2.34 bits per heavy atom. The number of amides is 2. The van der Waals surface area contributed by atoms with Gasteiger partial charge in [-0.05, 0) is 56.3 Å². The highest BCUT2D eigenvalue weighted by molar-refractivity contribution is 8.00. The Bertz CT molecular complexity index is 1370. The van der Waals surface area contributed by atoms with E-state index in [9.17, 15) is 29.1 Å². The molecule has 0 aliphatic rings. The van der Waals surface area contributed by atoms with Crippen molar-refractivity contribution in [2.24, 2.45) is 0 Å². The molecule has 13 heteroatoms. The fraction of sp³-hybridized carbons (Fsp3) is 0.200. The van der Waals surface area contributed by atoms with Gasteiger partial charge in [-0.15, -0.1) is 23.1 Å². The van der Waals surface area contributed by atoms with Gasteiger partial charge in [-0.3, -0.25) is 14.4 Å². The summed E-state index contributed by atoms with van der Waals surface area (Å²) in [4.78, 5) is 64.4. The van der Waals surface area contributed by atoms with Crippen molar-refractivity contribution in [3.05, 3.63) is 70.2 Å². The number of thiazole rings is 1. The maximum absolute atomic E-state index is 12.6. The Morgan fingerprint density at radius 2 is 1.71 bits per heavy atom. The molecule has 1 aromatic heterocycles. The maximum atomic E-state index is 12.6. The van der Waals surface area contributed by atoms with Gasteiger partial charge in [-0.1, -0.05) is 0 Å². The van der Waals surface area contributed by atoms with Crippen molar-refractivity contribution in [3.8, 4) is 0 Å². The van der Waals surface area contributed by atoms with E-state index in [2.05, 4.69) is 15.6 Å². The van der Waals surface area contributed by atoms with Crippen LogP contribution in [0.3, 0.4) is 0 Å². The van der Waals surface area contributed by atoms with E-state index in [1.807, 2.05) is 0 Å². The van der Waals surface area contributed by atoms with Crippen molar-refractivity contribution in [1.82, 2.24) is 4.98 Å². The molecule has 0 spiro atoms. The zero-order valence-electron chi connectivity index (χ0n) is 20.2. The van der Waals surface area contributed by atoms with Gasteiger partial charge < -0.3 is 25.6 Å². The summed E-state index contributed by atoms with van der Waals surface area (Å²) in [6.07, 6.45) is 0.0265. The number of carboxylic acids is 2. The summed E-state index contributed by atoms with van der Waals surface area (Å²) in [7, 11) is 0. The first kappa shape index (κ1) is 28.3. The summed E-state index contributed by atoms with van der Waals surface area (Å²) >= 11 is 2.48. The Morgan fingerprint density at radius 1 is 1.00 bits per heavy atom. The van der Waals surface area contributed by atoms with Crippen LogP contribution in [0.2, 0.25) is 0 Å². The zero-order valence-corrected chi connectivity index (χ0v) is 21.9. The van der Waals surface area contributed by atoms with E-state index in [4.69, 9.17) is 9.84 Å². The molecule has 0 bridgehead atoms. The van der Waals surface area contributed by atoms with E-state index in [1.54, 1.807) is 43.5 Å². The van der Waals surface area contributed by atoms with Crippen molar-refractivity contribution in [3.63, 3.8) is 0 Å². The van der Waals surface area contributed by atoms with Crippen LogP contribution < -0.4 is 10.6 Å². The minimum Gasteiger partial charge on any atom is -0.478 e. The maximum Gasteiger partial charge on any atom is 0.336 e. The molecule has 1 unspecified atom stereocenters. The van der Waals surface area contributed by atoms with Crippen LogP contribution in [0.1, 0.15) is 50.6 Å². The van der Waals surface area contributed by atoms with Crippen LogP contribution in [-0.4, -0.2) is 56.8 Å². The Kier molecular flexibility index (Phi) is 9.57. The van der Waals surface area contributed by atoms with Crippen molar-refractivity contribution in [1.29, 1.82) is 0 Å². The van der Waals surface area contributed by atoms with Gasteiger partial charge >= 0.3 is 17.9 Å². The van der Waals surface area contributed by atoms with Crippen LogP contribution in [-0.2, 0) is 20.7 Å². The summed E-state index contributed by atoms with van der Waals surface area (Å²) in [6, 6.07) is 9.81. The Hall–Kier alpha value is -4.23. The van der Waals surface area contributed by atoms with Crippen LogP contribution in [0.25, 0.3) is 0 Å². The normalized spacial score (nSPS) is 11.3. The molecule has 2 amide bonds. The van der Waals surface area contributed by atoms with E-state index < -0.39 is 34.6 Å². The summed E-state index contributed by atoms with van der Waals surface area (Å²) in [6.45, 7) is 3.72. The molecule has 0 saturated heterocycles. The molecule has 2 aromatic carbocycles. The fourth-order valence-electron chi connectivity index (χ4n) is 3.14. The third-order valence-corrected chi connectivity index (χ3v) is 6.87. The van der Waals surface area contributed by atoms with Gasteiger partial charge in [0, 0.05) is 16.0 Å². The van der Waals surface area contributed by atoms with Crippen molar-refractivity contribution >= 4 is 63.6 Å². The van der Waals surface area contributed by atoms with Gasteiger partial charge in [0.25, 0.3) is 5.91 Å². The third-order valence-electron chi connectivity index (χ3n) is 4.95. The molecule has 11 nitrogen and oxygen atoms in total. The number of nitrogens with one attached hydrogen (secondary N) is 2. The van der Waals surface area contributed by atoms with Crippen LogP contribution in [0.5, 0.6) is 0 Å². The van der Waals surface area contributed by atoms with E-state index in [1.165, 1.54) is 23.1 Å². The Labute approximate surface area is 225 Å². The van der Waals surface area contributed by atoms with Crippen LogP contribution in [0.4, 0.5) is 10.8 Å². The standard InChI is InChI=1S/C25H23N3O8S2/c1-3-36-20(29)11-16-12-37-25(27-16)28-21(30)13(2)38-17-7-5-15(6-8-17)26-22(31)18-9-4-14(23(32)33)10-19(18)24(34)35/h4-10,12-13H,3,11H2,1-2H3,(H,26,31)(H,32,33)(H,34,35)(H,27,28,30). The second-order valence-electron chi connectivity index (χ2n) is 7.72. The number of anilines is 2. The number of carbonyl (C=O) groups excluding carboxylic acids is 3. The number of esters is 1. The van der Waals surface area contributed by atoms with E-state index >= 15 is 0 Å². The van der Waals surface area contributed by atoms with Gasteiger partial charge in [0.05, 0.1) is 40.7 Å². The molecule has 4 N–H and O–H groups in total. The number of thioether (sulfide) groups is 1. The van der Waals surface area contributed by atoms with Gasteiger partial charge in [-0.2, -0.15) is 0 Å². The molecular formula is C25H23N3O8S2. The van der Waals surface area contributed by atoms with Gasteiger partial charge in [0.1, 0.15) is 0 Å².